The minimum absolute atomic E-state index is 0.297. The van der Waals surface area contributed by atoms with Crippen LogP contribution in [0.5, 0.6) is 5.75 Å². The molecule has 1 aromatic rings. The quantitative estimate of drug-likeness (QED) is 0.612. The Kier molecular flexibility index (Phi) is 9.40. The van der Waals surface area contributed by atoms with Crippen molar-refractivity contribution in [1.82, 2.24) is 5.32 Å². The largest absolute Gasteiger partial charge is 0.490 e. The maximum Gasteiger partial charge on any atom is 0.133 e. The van der Waals surface area contributed by atoms with Crippen molar-refractivity contribution in [2.24, 2.45) is 0 Å². The molecule has 21 heavy (non-hydrogen) atoms. The van der Waals surface area contributed by atoms with Gasteiger partial charge in [-0.05, 0) is 65.4 Å². The monoisotopic (exact) mass is 375 g/mol. The summed E-state index contributed by atoms with van der Waals surface area (Å²) in [5.74, 6) is 3.09. The molecule has 0 fully saturated rings. The number of halogens is 1. The second-order valence-electron chi connectivity index (χ2n) is 5.19. The summed E-state index contributed by atoms with van der Waals surface area (Å²) in [7, 11) is 0. The number of ether oxygens (including phenoxy) is 1. The van der Waals surface area contributed by atoms with E-state index in [4.69, 9.17) is 4.74 Å². The minimum atomic E-state index is -0.500. The van der Waals surface area contributed by atoms with Crippen molar-refractivity contribution < 1.29 is 9.84 Å². The molecular weight excluding hydrogens is 350 g/mol. The summed E-state index contributed by atoms with van der Waals surface area (Å²) in [4.78, 5) is 0. The smallest absolute Gasteiger partial charge is 0.133 e. The van der Waals surface area contributed by atoms with Crippen LogP contribution in [-0.2, 0) is 0 Å². The number of aliphatic hydroxyl groups is 1. The van der Waals surface area contributed by atoms with E-state index in [0.29, 0.717) is 19.2 Å². The van der Waals surface area contributed by atoms with Crippen molar-refractivity contribution in [3.05, 3.63) is 28.2 Å². The van der Waals surface area contributed by atoms with Gasteiger partial charge in [-0.2, -0.15) is 11.8 Å². The van der Waals surface area contributed by atoms with E-state index in [-0.39, 0.29) is 0 Å². The molecule has 2 unspecified atom stereocenters. The summed E-state index contributed by atoms with van der Waals surface area (Å²) < 4.78 is 6.57. The topological polar surface area (TPSA) is 41.5 Å². The Morgan fingerprint density at radius 3 is 2.86 bits per heavy atom. The highest BCUT2D eigenvalue weighted by Crippen LogP contribution is 2.25. The Bertz CT molecular complexity index is 417. The molecule has 5 heteroatoms. The zero-order chi connectivity index (χ0) is 15.7. The fourth-order valence-electron chi connectivity index (χ4n) is 1.81. The van der Waals surface area contributed by atoms with Crippen LogP contribution in [0.3, 0.4) is 0 Å². The summed E-state index contributed by atoms with van der Waals surface area (Å²) in [6.07, 6.45) is 0.620. The Labute approximate surface area is 141 Å². The van der Waals surface area contributed by atoms with Crippen LogP contribution in [0.2, 0.25) is 0 Å². The standard InChI is InChI=1S/C16H26BrNO2S/c1-4-21-8-7-13(3)18-10-14(19)11-20-16-6-5-12(2)9-15(16)17/h5-6,9,13-14,18-19H,4,7-8,10-11H2,1-3H3. The van der Waals surface area contributed by atoms with Crippen molar-refractivity contribution in [1.29, 1.82) is 0 Å². The van der Waals surface area contributed by atoms with Gasteiger partial charge in [0.2, 0.25) is 0 Å². The van der Waals surface area contributed by atoms with Crippen LogP contribution >= 0.6 is 27.7 Å². The Morgan fingerprint density at radius 2 is 2.19 bits per heavy atom. The fourth-order valence-corrected chi connectivity index (χ4v) is 3.23. The van der Waals surface area contributed by atoms with Crippen LogP contribution < -0.4 is 10.1 Å². The maximum absolute atomic E-state index is 9.97. The fraction of sp³-hybridized carbons (Fsp3) is 0.625. The molecule has 0 radical (unpaired) electrons. The maximum atomic E-state index is 9.97. The van der Waals surface area contributed by atoms with Crippen molar-refractivity contribution in [3.8, 4) is 5.75 Å². The first-order chi connectivity index (χ1) is 10.0. The number of rotatable bonds is 10. The first-order valence-electron chi connectivity index (χ1n) is 7.41. The van der Waals surface area contributed by atoms with Gasteiger partial charge in [-0.15, -0.1) is 0 Å². The Morgan fingerprint density at radius 1 is 1.43 bits per heavy atom. The van der Waals surface area contributed by atoms with Gasteiger partial charge in [-0.3, -0.25) is 0 Å². The molecule has 120 valence electrons. The van der Waals surface area contributed by atoms with Gasteiger partial charge in [0.25, 0.3) is 0 Å². The van der Waals surface area contributed by atoms with Gasteiger partial charge in [-0.1, -0.05) is 13.0 Å². The SMILES string of the molecule is CCSCCC(C)NCC(O)COc1ccc(C)cc1Br. The average molecular weight is 376 g/mol. The van der Waals surface area contributed by atoms with Crippen molar-refractivity contribution in [2.75, 3.05) is 24.7 Å². The van der Waals surface area contributed by atoms with Gasteiger partial charge in [-0.25, -0.2) is 0 Å². The first-order valence-corrected chi connectivity index (χ1v) is 9.35. The van der Waals surface area contributed by atoms with Crippen LogP contribution in [0.25, 0.3) is 0 Å². The van der Waals surface area contributed by atoms with Crippen LogP contribution in [0.4, 0.5) is 0 Å². The van der Waals surface area contributed by atoms with E-state index >= 15 is 0 Å². The van der Waals surface area contributed by atoms with Gasteiger partial charge in [0, 0.05) is 12.6 Å². The average Bonchev–Trinajstić information content (AvgIpc) is 2.44. The molecule has 0 amide bonds. The highest BCUT2D eigenvalue weighted by Gasteiger charge is 2.09. The predicted molar refractivity (Wildman–Crippen MR) is 95.5 cm³/mol. The second-order valence-corrected chi connectivity index (χ2v) is 7.44. The van der Waals surface area contributed by atoms with E-state index in [1.165, 1.54) is 5.56 Å². The van der Waals surface area contributed by atoms with E-state index in [1.54, 1.807) is 0 Å². The Hall–Kier alpha value is -0.230. The van der Waals surface area contributed by atoms with Crippen LogP contribution in [-0.4, -0.2) is 41.9 Å². The molecule has 0 aliphatic rings. The molecular formula is C16H26BrNO2S. The predicted octanol–water partition coefficient (Wildman–Crippen LogP) is 3.62. The van der Waals surface area contributed by atoms with Crippen LogP contribution in [0.15, 0.2) is 22.7 Å². The molecule has 0 bridgehead atoms. The molecule has 3 nitrogen and oxygen atoms in total. The van der Waals surface area contributed by atoms with E-state index in [2.05, 4.69) is 35.1 Å². The molecule has 0 aliphatic heterocycles. The lowest BCUT2D eigenvalue weighted by Gasteiger charge is -2.18. The van der Waals surface area contributed by atoms with Crippen LogP contribution in [0, 0.1) is 6.92 Å². The first kappa shape index (κ1) is 18.8. The molecule has 0 heterocycles. The lowest BCUT2D eigenvalue weighted by molar-refractivity contribution is 0.103. The second kappa shape index (κ2) is 10.5. The van der Waals surface area contributed by atoms with Gasteiger partial charge < -0.3 is 15.2 Å². The third-order valence-electron chi connectivity index (χ3n) is 3.12. The number of benzene rings is 1. The zero-order valence-corrected chi connectivity index (χ0v) is 15.5. The number of thioether (sulfide) groups is 1. The van der Waals surface area contributed by atoms with E-state index in [9.17, 15) is 5.11 Å². The third-order valence-corrected chi connectivity index (χ3v) is 4.67. The number of hydrogen-bond acceptors (Lipinski definition) is 4. The summed E-state index contributed by atoms with van der Waals surface area (Å²) >= 11 is 5.42. The molecule has 1 rings (SSSR count). The van der Waals surface area contributed by atoms with Crippen molar-refractivity contribution >= 4 is 27.7 Å². The van der Waals surface area contributed by atoms with E-state index in [0.717, 1.165) is 28.1 Å². The summed E-state index contributed by atoms with van der Waals surface area (Å²) in [6, 6.07) is 6.35. The van der Waals surface area contributed by atoms with Crippen molar-refractivity contribution in [3.63, 3.8) is 0 Å². The lowest BCUT2D eigenvalue weighted by atomic mass is 10.2. The van der Waals surface area contributed by atoms with Gasteiger partial charge >= 0.3 is 0 Å². The molecule has 2 atom stereocenters. The molecule has 0 saturated carbocycles. The molecule has 1 aromatic carbocycles. The molecule has 0 saturated heterocycles. The molecule has 0 spiro atoms. The number of hydrogen-bond donors (Lipinski definition) is 2. The molecule has 2 N–H and O–H groups in total. The van der Waals surface area contributed by atoms with Gasteiger partial charge in [0.1, 0.15) is 18.5 Å². The van der Waals surface area contributed by atoms with Crippen molar-refractivity contribution in [2.45, 2.75) is 39.3 Å². The van der Waals surface area contributed by atoms with Gasteiger partial charge in [0.05, 0.1) is 4.47 Å². The van der Waals surface area contributed by atoms with E-state index < -0.39 is 6.10 Å². The summed E-state index contributed by atoms with van der Waals surface area (Å²) in [5.41, 5.74) is 1.18. The molecule has 0 aromatic heterocycles. The number of aryl methyl sites for hydroxylation is 1. The van der Waals surface area contributed by atoms with Gasteiger partial charge in [0.15, 0.2) is 0 Å². The summed E-state index contributed by atoms with van der Waals surface area (Å²) in [5, 5.41) is 13.3. The highest BCUT2D eigenvalue weighted by molar-refractivity contribution is 9.10. The lowest BCUT2D eigenvalue weighted by Crippen LogP contribution is -2.36. The highest BCUT2D eigenvalue weighted by atomic mass is 79.9. The number of nitrogens with one attached hydrogen (secondary N) is 1. The minimum Gasteiger partial charge on any atom is -0.490 e. The summed E-state index contributed by atoms with van der Waals surface area (Å²) in [6.45, 7) is 7.21. The zero-order valence-electron chi connectivity index (χ0n) is 13.1. The Balaban J connectivity index is 2.23. The third kappa shape index (κ3) is 8.10. The number of aliphatic hydroxyl groups excluding tert-OH is 1. The normalized spacial score (nSPS) is 14.0. The van der Waals surface area contributed by atoms with Crippen LogP contribution in [0.1, 0.15) is 25.8 Å². The molecule has 0 aliphatic carbocycles. The van der Waals surface area contributed by atoms with E-state index in [1.807, 2.05) is 36.9 Å².